The quantitative estimate of drug-likeness (QED) is 0.162. The van der Waals surface area contributed by atoms with Gasteiger partial charge in [-0.15, -0.1) is 0 Å². The van der Waals surface area contributed by atoms with E-state index in [9.17, 15) is 19.2 Å². The van der Waals surface area contributed by atoms with E-state index >= 15 is 0 Å². The minimum atomic E-state index is -0.595. The Hall–Kier alpha value is -4.59. The normalized spacial score (nSPS) is 12.4. The Bertz CT molecular complexity index is 1520. The molecule has 0 aliphatic carbocycles. The van der Waals surface area contributed by atoms with Crippen molar-refractivity contribution < 1.29 is 23.9 Å². The number of benzene rings is 4. The van der Waals surface area contributed by atoms with Crippen molar-refractivity contribution in [1.29, 1.82) is 0 Å². The maximum absolute atomic E-state index is 13.7. The van der Waals surface area contributed by atoms with Crippen LogP contribution in [0.1, 0.15) is 42.2 Å². The molecule has 0 spiro atoms. The summed E-state index contributed by atoms with van der Waals surface area (Å²) in [5, 5.41) is 0.316. The largest absolute Gasteiger partial charge is 0.356 e. The van der Waals surface area contributed by atoms with Gasteiger partial charge in [0.05, 0.1) is 23.4 Å². The van der Waals surface area contributed by atoms with Crippen LogP contribution in [0.5, 0.6) is 0 Å². The Morgan fingerprint density at radius 3 is 2.00 bits per heavy atom. The molecular weight excluding hydrogens is 516 g/mol. The summed E-state index contributed by atoms with van der Waals surface area (Å²) in [6.07, 6.45) is 0. The van der Waals surface area contributed by atoms with Gasteiger partial charge in [0, 0.05) is 16.1 Å². The van der Waals surface area contributed by atoms with Crippen LogP contribution in [-0.4, -0.2) is 41.7 Å². The molecule has 194 valence electrons. The third kappa shape index (κ3) is 5.50. The summed E-state index contributed by atoms with van der Waals surface area (Å²) in [5.41, 5.74) is 2.23. The van der Waals surface area contributed by atoms with Gasteiger partial charge in [0.25, 0.3) is 11.8 Å². The van der Waals surface area contributed by atoms with Crippen molar-refractivity contribution in [2.75, 3.05) is 18.2 Å². The smallest absolute Gasteiger partial charge is 0.262 e. The molecule has 0 atom stereocenters. The van der Waals surface area contributed by atoms with Crippen LogP contribution < -0.4 is 4.90 Å². The van der Waals surface area contributed by atoms with Gasteiger partial charge < -0.3 is 4.74 Å². The molecule has 5 rings (SSSR count). The third-order valence-corrected chi connectivity index (χ3v) is 6.57. The SMILES string of the molecule is O=C(c1ccccc1)c1cc(Cl)ccc1N(COCc1ccccc1)C(=O)CN1C(=O)c2ccccc2C1=O. The predicted molar refractivity (Wildman–Crippen MR) is 147 cm³/mol. The van der Waals surface area contributed by atoms with Crippen LogP contribution >= 0.6 is 11.6 Å². The maximum atomic E-state index is 13.7. The summed E-state index contributed by atoms with van der Waals surface area (Å²) < 4.78 is 5.88. The number of hydrogen-bond donors (Lipinski definition) is 0. The monoisotopic (exact) mass is 538 g/mol. The molecule has 7 nitrogen and oxygen atoms in total. The molecule has 0 saturated heterocycles. The second kappa shape index (κ2) is 11.4. The molecule has 39 heavy (non-hydrogen) atoms. The zero-order valence-corrected chi connectivity index (χ0v) is 21.5. The first-order chi connectivity index (χ1) is 18.9. The number of hydrogen-bond acceptors (Lipinski definition) is 5. The molecular formula is C31H23ClN2O5. The van der Waals surface area contributed by atoms with Crippen LogP contribution in [0.25, 0.3) is 0 Å². The number of amides is 3. The van der Waals surface area contributed by atoms with E-state index in [0.717, 1.165) is 10.5 Å². The number of fused-ring (bicyclic) bond motifs is 1. The third-order valence-electron chi connectivity index (χ3n) is 6.33. The molecule has 4 aromatic carbocycles. The lowest BCUT2D eigenvalue weighted by Crippen LogP contribution is -2.44. The fraction of sp³-hybridized carbons (Fsp3) is 0.0968. The van der Waals surface area contributed by atoms with Crippen LogP contribution in [0.4, 0.5) is 5.69 Å². The lowest BCUT2D eigenvalue weighted by Gasteiger charge is -2.27. The number of carbonyl (C=O) groups excluding carboxylic acids is 4. The number of halogens is 1. The van der Waals surface area contributed by atoms with Crippen molar-refractivity contribution in [3.8, 4) is 0 Å². The molecule has 4 aromatic rings. The number of ketones is 1. The van der Waals surface area contributed by atoms with Crippen molar-refractivity contribution >= 4 is 40.8 Å². The van der Waals surface area contributed by atoms with Crippen LogP contribution in [0.3, 0.4) is 0 Å². The first-order valence-electron chi connectivity index (χ1n) is 12.2. The van der Waals surface area contributed by atoms with Gasteiger partial charge >= 0.3 is 0 Å². The average molecular weight is 539 g/mol. The van der Waals surface area contributed by atoms with E-state index in [-0.39, 0.29) is 41.5 Å². The van der Waals surface area contributed by atoms with E-state index in [2.05, 4.69) is 0 Å². The van der Waals surface area contributed by atoms with E-state index in [4.69, 9.17) is 16.3 Å². The lowest BCUT2D eigenvalue weighted by molar-refractivity contribution is -0.120. The molecule has 1 aliphatic rings. The molecule has 0 N–H and O–H groups in total. The molecule has 1 heterocycles. The molecule has 8 heteroatoms. The highest BCUT2D eigenvalue weighted by Crippen LogP contribution is 2.29. The number of rotatable bonds is 9. The first kappa shape index (κ1) is 26.0. The van der Waals surface area contributed by atoms with E-state index in [1.165, 1.54) is 11.0 Å². The standard InChI is InChI=1S/C31H23ClN2O5/c32-23-15-16-27(26(17-23)29(36)22-11-5-2-6-12-22)34(20-39-19-21-9-3-1-4-10-21)28(35)18-33-30(37)24-13-7-8-14-25(24)31(33)38/h1-17H,18-20H2. The molecule has 0 fully saturated rings. The molecule has 0 unspecified atom stereocenters. The predicted octanol–water partition coefficient (Wildman–Crippen LogP) is 5.37. The van der Waals surface area contributed by atoms with Crippen molar-refractivity contribution in [3.05, 3.63) is 136 Å². The van der Waals surface area contributed by atoms with Crippen LogP contribution in [-0.2, 0) is 16.1 Å². The van der Waals surface area contributed by atoms with Crippen molar-refractivity contribution in [2.45, 2.75) is 6.61 Å². The second-order valence-electron chi connectivity index (χ2n) is 8.88. The van der Waals surface area contributed by atoms with Crippen molar-refractivity contribution in [2.24, 2.45) is 0 Å². The van der Waals surface area contributed by atoms with Crippen molar-refractivity contribution in [3.63, 3.8) is 0 Å². The summed E-state index contributed by atoms with van der Waals surface area (Å²) >= 11 is 6.26. The van der Waals surface area contributed by atoms with Crippen LogP contribution in [0, 0.1) is 0 Å². The Labute approximate surface area is 230 Å². The minimum Gasteiger partial charge on any atom is -0.356 e. The number of anilines is 1. The maximum Gasteiger partial charge on any atom is 0.262 e. The van der Waals surface area contributed by atoms with E-state index in [1.807, 2.05) is 30.3 Å². The summed E-state index contributed by atoms with van der Waals surface area (Å²) in [4.78, 5) is 55.3. The Kier molecular flexibility index (Phi) is 7.63. The highest BCUT2D eigenvalue weighted by Gasteiger charge is 2.37. The summed E-state index contributed by atoms with van der Waals surface area (Å²) in [7, 11) is 0. The van der Waals surface area contributed by atoms with Crippen molar-refractivity contribution in [1.82, 2.24) is 4.90 Å². The molecule has 3 amide bonds. The zero-order valence-electron chi connectivity index (χ0n) is 20.7. The summed E-state index contributed by atoms with van der Waals surface area (Å²) in [6.45, 7) is -0.552. The van der Waals surface area contributed by atoms with Gasteiger partial charge in [0.15, 0.2) is 5.78 Å². The average Bonchev–Trinajstić information content (AvgIpc) is 3.21. The van der Waals surface area contributed by atoms with Crippen LogP contribution in [0.2, 0.25) is 5.02 Å². The fourth-order valence-corrected chi connectivity index (χ4v) is 4.55. The van der Waals surface area contributed by atoms with Gasteiger partial charge in [-0.25, -0.2) is 0 Å². The van der Waals surface area contributed by atoms with E-state index < -0.39 is 24.3 Å². The Morgan fingerprint density at radius 2 is 1.36 bits per heavy atom. The van der Waals surface area contributed by atoms with E-state index in [1.54, 1.807) is 66.7 Å². The van der Waals surface area contributed by atoms with Gasteiger partial charge in [-0.3, -0.25) is 29.0 Å². The molecule has 0 bridgehead atoms. The zero-order chi connectivity index (χ0) is 27.4. The Morgan fingerprint density at radius 1 is 0.769 bits per heavy atom. The van der Waals surface area contributed by atoms with Gasteiger partial charge in [-0.05, 0) is 35.9 Å². The number of ether oxygens (including phenoxy) is 1. The fourth-order valence-electron chi connectivity index (χ4n) is 4.38. The highest BCUT2D eigenvalue weighted by molar-refractivity contribution is 6.31. The van der Waals surface area contributed by atoms with E-state index in [0.29, 0.717) is 10.6 Å². The topological polar surface area (TPSA) is 84.0 Å². The molecule has 0 radical (unpaired) electrons. The van der Waals surface area contributed by atoms with Gasteiger partial charge in [-0.1, -0.05) is 84.4 Å². The van der Waals surface area contributed by atoms with Crippen LogP contribution in [0.15, 0.2) is 103 Å². The molecule has 0 aromatic heterocycles. The summed E-state index contributed by atoms with van der Waals surface area (Å²) in [6, 6.07) is 29.1. The van der Waals surface area contributed by atoms with Gasteiger partial charge in [0.2, 0.25) is 5.91 Å². The van der Waals surface area contributed by atoms with Gasteiger partial charge in [-0.2, -0.15) is 0 Å². The van der Waals surface area contributed by atoms with Gasteiger partial charge in [0.1, 0.15) is 13.3 Å². The minimum absolute atomic E-state index is 0.188. The highest BCUT2D eigenvalue weighted by atomic mass is 35.5. The Balaban J connectivity index is 1.47. The number of imide groups is 1. The first-order valence-corrected chi connectivity index (χ1v) is 12.6. The lowest BCUT2D eigenvalue weighted by atomic mass is 10.0. The molecule has 1 aliphatic heterocycles. The number of carbonyl (C=O) groups is 4. The number of nitrogens with zero attached hydrogens (tertiary/aromatic N) is 2. The summed E-state index contributed by atoms with van der Waals surface area (Å²) in [5.74, 6) is -2.03. The second-order valence-corrected chi connectivity index (χ2v) is 9.32. The molecule has 0 saturated carbocycles.